The molecule has 0 saturated carbocycles. The van der Waals surface area contributed by atoms with E-state index >= 15 is 0 Å². The number of fused-ring (bicyclic) bond motifs is 13. The molecule has 3 nitrogen and oxygen atoms in total. The molecule has 0 N–H and O–H groups in total. The molecule has 0 atom stereocenters. The van der Waals surface area contributed by atoms with Crippen molar-refractivity contribution in [3.8, 4) is 39.3 Å². The Hall–Kier alpha value is -7.30. The fraction of sp³-hybridized carbons (Fsp3) is 0. The van der Waals surface area contributed by atoms with Gasteiger partial charge in [0.05, 0.1) is 27.8 Å². The lowest BCUT2D eigenvalue weighted by Gasteiger charge is -2.34. The molecule has 0 saturated heterocycles. The van der Waals surface area contributed by atoms with Gasteiger partial charge >= 0.3 is 0 Å². The summed E-state index contributed by atoms with van der Waals surface area (Å²) in [7, 11) is 0. The SMILES string of the molecule is c1ccc2c(c1)-c1cccc3ccc4c(c13)c1c-2cccc1n4-c1cc2c3c(c1)-n1c4ccccc4c4cccc(c41)B3c1cccc3c4ccccc4n-2c13. The summed E-state index contributed by atoms with van der Waals surface area (Å²) in [6.45, 7) is 0.105. The van der Waals surface area contributed by atoms with E-state index in [2.05, 4.69) is 184 Å². The Kier molecular flexibility index (Phi) is 4.78. The van der Waals surface area contributed by atoms with Crippen LogP contribution in [0.4, 0.5) is 0 Å². The summed E-state index contributed by atoms with van der Waals surface area (Å²) in [5, 5.41) is 10.5. The van der Waals surface area contributed by atoms with Crippen molar-refractivity contribution in [2.45, 2.75) is 0 Å². The van der Waals surface area contributed by atoms with E-state index in [1.165, 1.54) is 132 Å². The Bertz CT molecular complexity index is 3690. The van der Waals surface area contributed by atoms with E-state index in [1.54, 1.807) is 0 Å². The Labute approximate surface area is 320 Å². The summed E-state index contributed by atoms with van der Waals surface area (Å²) in [6.07, 6.45) is 0. The lowest BCUT2D eigenvalue weighted by Crippen LogP contribution is -2.59. The fourth-order valence-corrected chi connectivity index (χ4v) is 11.5. The van der Waals surface area contributed by atoms with Crippen LogP contribution >= 0.6 is 0 Å². The first-order valence-corrected chi connectivity index (χ1v) is 19.7. The quantitative estimate of drug-likeness (QED) is 0.151. The molecule has 5 heterocycles. The van der Waals surface area contributed by atoms with Crippen molar-refractivity contribution in [2.24, 2.45) is 0 Å². The Morgan fingerprint density at radius 3 is 1.50 bits per heavy atom. The van der Waals surface area contributed by atoms with Gasteiger partial charge in [-0.3, -0.25) is 0 Å². The van der Waals surface area contributed by atoms with Crippen LogP contribution in [-0.4, -0.2) is 20.4 Å². The molecule has 0 spiro atoms. The molecule has 12 aromatic rings. The van der Waals surface area contributed by atoms with Gasteiger partial charge in [-0.05, 0) is 85.8 Å². The Morgan fingerprint density at radius 2 is 0.839 bits per heavy atom. The number of rotatable bonds is 1. The van der Waals surface area contributed by atoms with E-state index < -0.39 is 0 Å². The summed E-state index contributed by atoms with van der Waals surface area (Å²) in [6, 6.07) is 64.3. The van der Waals surface area contributed by atoms with Crippen molar-refractivity contribution in [1.82, 2.24) is 13.7 Å². The second-order valence-electron chi connectivity index (χ2n) is 16.0. The minimum atomic E-state index is 0.105. The molecule has 1 aliphatic carbocycles. The second kappa shape index (κ2) is 9.49. The average molecular weight is 706 g/mol. The summed E-state index contributed by atoms with van der Waals surface area (Å²) in [5.74, 6) is 0. The average Bonchev–Trinajstić information content (AvgIpc) is 3.88. The predicted octanol–water partition coefficient (Wildman–Crippen LogP) is 10.9. The number of hydrogen-bond donors (Lipinski definition) is 0. The highest BCUT2D eigenvalue weighted by Crippen LogP contribution is 2.50. The van der Waals surface area contributed by atoms with Crippen molar-refractivity contribution in [2.75, 3.05) is 0 Å². The van der Waals surface area contributed by atoms with E-state index in [-0.39, 0.29) is 6.71 Å². The van der Waals surface area contributed by atoms with Crippen LogP contribution in [0.3, 0.4) is 0 Å². The molecule has 3 aliphatic rings. The first kappa shape index (κ1) is 28.2. The van der Waals surface area contributed by atoms with Gasteiger partial charge in [-0.2, -0.15) is 0 Å². The van der Waals surface area contributed by atoms with E-state index in [0.717, 1.165) is 0 Å². The zero-order valence-corrected chi connectivity index (χ0v) is 30.1. The molecule has 9 aromatic carbocycles. The molecule has 56 heavy (non-hydrogen) atoms. The van der Waals surface area contributed by atoms with Crippen LogP contribution in [0.2, 0.25) is 0 Å². The number of para-hydroxylation sites is 4. The number of benzene rings is 9. The highest BCUT2D eigenvalue weighted by Gasteiger charge is 2.41. The van der Waals surface area contributed by atoms with Crippen LogP contribution in [0, 0.1) is 0 Å². The molecular formula is C52H28BN3. The van der Waals surface area contributed by atoms with Gasteiger partial charge in [0.1, 0.15) is 0 Å². The Morgan fingerprint density at radius 1 is 0.339 bits per heavy atom. The van der Waals surface area contributed by atoms with Crippen LogP contribution in [0.5, 0.6) is 0 Å². The van der Waals surface area contributed by atoms with Gasteiger partial charge < -0.3 is 13.7 Å². The van der Waals surface area contributed by atoms with Crippen LogP contribution in [-0.2, 0) is 0 Å². The normalized spacial score (nSPS) is 13.3. The monoisotopic (exact) mass is 705 g/mol. The van der Waals surface area contributed by atoms with Crippen LogP contribution < -0.4 is 16.4 Å². The maximum atomic E-state index is 2.59. The zero-order valence-electron chi connectivity index (χ0n) is 30.1. The molecule has 0 radical (unpaired) electrons. The summed E-state index contributed by atoms with van der Waals surface area (Å²) in [4.78, 5) is 0. The molecule has 254 valence electrons. The third-order valence-electron chi connectivity index (χ3n) is 13.5. The third kappa shape index (κ3) is 3.06. The highest BCUT2D eigenvalue weighted by atomic mass is 15.1. The minimum absolute atomic E-state index is 0.105. The molecule has 15 rings (SSSR count). The topological polar surface area (TPSA) is 14.8 Å². The van der Waals surface area contributed by atoms with Gasteiger partial charge in [0.15, 0.2) is 0 Å². The van der Waals surface area contributed by atoms with Gasteiger partial charge in [-0.15, -0.1) is 0 Å². The van der Waals surface area contributed by atoms with Crippen molar-refractivity contribution in [3.63, 3.8) is 0 Å². The fourth-order valence-electron chi connectivity index (χ4n) is 11.5. The highest BCUT2D eigenvalue weighted by molar-refractivity contribution is 7.00. The molecule has 2 aliphatic heterocycles. The summed E-state index contributed by atoms with van der Waals surface area (Å²) >= 11 is 0. The van der Waals surface area contributed by atoms with Gasteiger partial charge in [0, 0.05) is 54.7 Å². The first-order valence-electron chi connectivity index (χ1n) is 19.7. The van der Waals surface area contributed by atoms with Gasteiger partial charge in [-0.25, -0.2) is 0 Å². The van der Waals surface area contributed by atoms with Gasteiger partial charge in [0.2, 0.25) is 0 Å². The first-order chi connectivity index (χ1) is 27.8. The second-order valence-corrected chi connectivity index (χ2v) is 16.0. The predicted molar refractivity (Wildman–Crippen MR) is 236 cm³/mol. The van der Waals surface area contributed by atoms with Crippen LogP contribution in [0.25, 0.3) is 116 Å². The number of nitrogens with zero attached hydrogens (tertiary/aromatic N) is 3. The van der Waals surface area contributed by atoms with Crippen LogP contribution in [0.15, 0.2) is 170 Å². The third-order valence-corrected chi connectivity index (χ3v) is 13.5. The lowest BCUT2D eigenvalue weighted by atomic mass is 9.34. The largest absolute Gasteiger partial charge is 0.310 e. The zero-order chi connectivity index (χ0) is 36.0. The smallest absolute Gasteiger partial charge is 0.252 e. The van der Waals surface area contributed by atoms with Crippen molar-refractivity contribution < 1.29 is 0 Å². The van der Waals surface area contributed by atoms with E-state index in [0.29, 0.717) is 0 Å². The van der Waals surface area contributed by atoms with Gasteiger partial charge in [0.25, 0.3) is 6.71 Å². The maximum Gasteiger partial charge on any atom is 0.252 e. The molecule has 4 heteroatoms. The van der Waals surface area contributed by atoms with Crippen molar-refractivity contribution in [1.29, 1.82) is 0 Å². The molecule has 0 unspecified atom stereocenters. The minimum Gasteiger partial charge on any atom is -0.310 e. The van der Waals surface area contributed by atoms with E-state index in [1.807, 2.05) is 0 Å². The van der Waals surface area contributed by atoms with Gasteiger partial charge in [-0.1, -0.05) is 133 Å². The lowest BCUT2D eigenvalue weighted by molar-refractivity contribution is 1.10. The van der Waals surface area contributed by atoms with Crippen molar-refractivity contribution >= 4 is 99.3 Å². The number of hydrogen-bond acceptors (Lipinski definition) is 0. The Balaban J connectivity index is 1.18. The van der Waals surface area contributed by atoms with E-state index in [9.17, 15) is 0 Å². The van der Waals surface area contributed by atoms with E-state index in [4.69, 9.17) is 0 Å². The summed E-state index contributed by atoms with van der Waals surface area (Å²) < 4.78 is 7.74. The van der Waals surface area contributed by atoms with Crippen molar-refractivity contribution in [3.05, 3.63) is 170 Å². The van der Waals surface area contributed by atoms with Crippen LogP contribution in [0.1, 0.15) is 0 Å². The molecule has 0 fully saturated rings. The summed E-state index contributed by atoms with van der Waals surface area (Å²) in [5.41, 5.74) is 20.6. The molecule has 0 amide bonds. The number of aromatic nitrogens is 3. The standard InChI is InChI=1S/C52H28BN3/c1-2-13-32-31(12-1)35-16-7-11-29-25-26-44-49(47(29)35)48-36(32)17-10-24-43(48)54(44)30-27-45-50-46(28-30)56-42-23-6-4-15-34(42)38-19-9-21-40(52(38)56)53(50)39-20-8-18-37-33-14-3-5-22-41(33)55(45)51(37)39/h1-28H. The maximum absolute atomic E-state index is 2.59. The molecule has 0 bridgehead atoms. The molecular weight excluding hydrogens is 677 g/mol. The molecule has 3 aromatic heterocycles.